The molecular weight excluding hydrogens is 276 g/mol. The number of carbonyl (C=O) groups is 3. The summed E-state index contributed by atoms with van der Waals surface area (Å²) in [6, 6.07) is 2.93. The number of rotatable bonds is 2. The average molecular weight is 282 g/mol. The Hall–Kier alpha value is -2.06. The van der Waals surface area contributed by atoms with E-state index in [1.165, 1.54) is 18.2 Å². The van der Waals surface area contributed by atoms with Crippen LogP contribution in [0.25, 0.3) is 6.08 Å². The van der Waals surface area contributed by atoms with Gasteiger partial charge >= 0.3 is 5.97 Å². The van der Waals surface area contributed by atoms with Crippen LogP contribution in [0.5, 0.6) is 0 Å². The van der Waals surface area contributed by atoms with E-state index in [4.69, 9.17) is 5.11 Å². The zero-order valence-electron chi connectivity index (χ0n) is 8.72. The van der Waals surface area contributed by atoms with Crippen LogP contribution in [0.3, 0.4) is 0 Å². The van der Waals surface area contributed by atoms with Crippen molar-refractivity contribution in [3.63, 3.8) is 0 Å². The van der Waals surface area contributed by atoms with Crippen molar-refractivity contribution in [3.05, 3.63) is 27.5 Å². The number of carboxylic acid groups (broad SMARTS) is 1. The topological polar surface area (TPSA) is 95.5 Å². The lowest BCUT2D eigenvalue weighted by Gasteiger charge is -2.15. The quantitative estimate of drug-likeness (QED) is 0.413. The zero-order chi connectivity index (χ0) is 13.3. The molecule has 0 atom stereocenters. The van der Waals surface area contributed by atoms with Gasteiger partial charge in [-0.05, 0) is 30.4 Å². The minimum atomic E-state index is -1.05. The molecule has 0 saturated carbocycles. The van der Waals surface area contributed by atoms with Crippen LogP contribution in [-0.2, 0) is 9.59 Å². The van der Waals surface area contributed by atoms with Crippen molar-refractivity contribution < 1.29 is 19.5 Å². The maximum atomic E-state index is 11.5. The van der Waals surface area contributed by atoms with Crippen molar-refractivity contribution in [2.24, 2.45) is 0 Å². The van der Waals surface area contributed by atoms with Crippen molar-refractivity contribution in [1.82, 2.24) is 10.6 Å². The average Bonchev–Trinajstić information content (AvgIpc) is 2.71. The van der Waals surface area contributed by atoms with Gasteiger partial charge in [-0.15, -0.1) is 11.3 Å². The molecule has 1 aliphatic heterocycles. The van der Waals surface area contributed by atoms with Crippen LogP contribution in [0.2, 0.25) is 0 Å². The second kappa shape index (κ2) is 4.67. The first-order chi connectivity index (χ1) is 8.47. The van der Waals surface area contributed by atoms with Gasteiger partial charge in [-0.1, -0.05) is 0 Å². The number of carbonyl (C=O) groups excluding carboxylic acids is 2. The van der Waals surface area contributed by atoms with Crippen molar-refractivity contribution in [3.8, 4) is 0 Å². The van der Waals surface area contributed by atoms with Crippen LogP contribution in [0, 0.1) is 0 Å². The SMILES string of the molecule is O=C1NC(=S)NC(=O)C1=Cc1ccc(C(=O)O)s1. The lowest BCUT2D eigenvalue weighted by molar-refractivity contribution is -0.123. The summed E-state index contributed by atoms with van der Waals surface area (Å²) in [6.45, 7) is 0. The number of amides is 2. The number of nitrogens with one attached hydrogen (secondary N) is 2. The zero-order valence-corrected chi connectivity index (χ0v) is 10.4. The third-order valence-electron chi connectivity index (χ3n) is 2.07. The van der Waals surface area contributed by atoms with E-state index in [9.17, 15) is 14.4 Å². The molecule has 1 fully saturated rings. The minimum Gasteiger partial charge on any atom is -0.477 e. The third-order valence-corrected chi connectivity index (χ3v) is 3.29. The molecule has 18 heavy (non-hydrogen) atoms. The molecule has 1 aromatic rings. The van der Waals surface area contributed by atoms with Gasteiger partial charge in [0.15, 0.2) is 5.11 Å². The van der Waals surface area contributed by atoms with Crippen LogP contribution >= 0.6 is 23.6 Å². The van der Waals surface area contributed by atoms with Gasteiger partial charge in [0.05, 0.1) is 0 Å². The standard InChI is InChI=1S/C10H6N2O4S2/c13-7-5(8(14)12-10(17)11-7)3-4-1-2-6(18-4)9(15)16/h1-3H,(H,15,16)(H2,11,12,13,14,17). The van der Waals surface area contributed by atoms with Gasteiger partial charge in [0.1, 0.15) is 10.5 Å². The van der Waals surface area contributed by atoms with E-state index >= 15 is 0 Å². The Labute approximate surface area is 110 Å². The molecule has 1 aromatic heterocycles. The molecule has 0 radical (unpaired) electrons. The molecule has 3 N–H and O–H groups in total. The second-order valence-electron chi connectivity index (χ2n) is 3.30. The largest absolute Gasteiger partial charge is 0.477 e. The van der Waals surface area contributed by atoms with E-state index in [2.05, 4.69) is 22.9 Å². The molecule has 0 bridgehead atoms. The van der Waals surface area contributed by atoms with Crippen LogP contribution in [0.4, 0.5) is 0 Å². The molecule has 2 heterocycles. The predicted octanol–water partition coefficient (Wildman–Crippen LogP) is 0.361. The highest BCUT2D eigenvalue weighted by Crippen LogP contribution is 2.20. The molecule has 0 aromatic carbocycles. The van der Waals surface area contributed by atoms with Crippen LogP contribution in [-0.4, -0.2) is 28.0 Å². The smallest absolute Gasteiger partial charge is 0.345 e. The summed E-state index contributed by atoms with van der Waals surface area (Å²) in [5.41, 5.74) is -0.109. The highest BCUT2D eigenvalue weighted by atomic mass is 32.1. The Morgan fingerprint density at radius 3 is 2.39 bits per heavy atom. The van der Waals surface area contributed by atoms with Crippen LogP contribution in [0.1, 0.15) is 14.5 Å². The summed E-state index contributed by atoms with van der Waals surface area (Å²) in [5, 5.41) is 13.3. The lowest BCUT2D eigenvalue weighted by Crippen LogP contribution is -2.51. The first-order valence-corrected chi connectivity index (χ1v) is 5.91. The van der Waals surface area contributed by atoms with Gasteiger partial charge in [-0.3, -0.25) is 20.2 Å². The molecule has 92 valence electrons. The second-order valence-corrected chi connectivity index (χ2v) is 4.83. The van der Waals surface area contributed by atoms with Crippen molar-refractivity contribution in [2.75, 3.05) is 0 Å². The predicted molar refractivity (Wildman–Crippen MR) is 68.1 cm³/mol. The summed E-state index contributed by atoms with van der Waals surface area (Å²) < 4.78 is 0. The van der Waals surface area contributed by atoms with Crippen molar-refractivity contribution >= 4 is 52.5 Å². The molecule has 0 aliphatic carbocycles. The maximum absolute atomic E-state index is 11.5. The number of hydrogen-bond donors (Lipinski definition) is 3. The first-order valence-electron chi connectivity index (χ1n) is 4.69. The summed E-state index contributed by atoms with van der Waals surface area (Å²) in [4.78, 5) is 34.4. The molecular formula is C10H6N2O4S2. The molecule has 2 rings (SSSR count). The van der Waals surface area contributed by atoms with E-state index in [1.54, 1.807) is 0 Å². The number of carboxylic acids is 1. The fourth-order valence-corrected chi connectivity index (χ4v) is 2.27. The number of hydrogen-bond acceptors (Lipinski definition) is 5. The normalized spacial score (nSPS) is 15.1. The van der Waals surface area contributed by atoms with Crippen LogP contribution < -0.4 is 10.6 Å². The van der Waals surface area contributed by atoms with E-state index in [1.807, 2.05) is 0 Å². The highest BCUT2D eigenvalue weighted by molar-refractivity contribution is 7.80. The van der Waals surface area contributed by atoms with Gasteiger partial charge in [-0.25, -0.2) is 4.79 Å². The number of thiophene rings is 1. The summed E-state index contributed by atoms with van der Waals surface area (Å²) in [6.07, 6.45) is 1.32. The highest BCUT2D eigenvalue weighted by Gasteiger charge is 2.25. The monoisotopic (exact) mass is 282 g/mol. The Morgan fingerprint density at radius 2 is 1.89 bits per heavy atom. The molecule has 1 aliphatic rings. The van der Waals surface area contributed by atoms with Gasteiger partial charge < -0.3 is 5.11 Å². The lowest BCUT2D eigenvalue weighted by atomic mass is 10.2. The molecule has 2 amide bonds. The van der Waals surface area contributed by atoms with Gasteiger partial charge in [0.25, 0.3) is 11.8 Å². The van der Waals surface area contributed by atoms with E-state index < -0.39 is 17.8 Å². The first kappa shape index (κ1) is 12.4. The number of aromatic carboxylic acids is 1. The summed E-state index contributed by atoms with van der Waals surface area (Å²) in [7, 11) is 0. The molecule has 1 saturated heterocycles. The minimum absolute atomic E-state index is 0.0421. The van der Waals surface area contributed by atoms with E-state index in [0.29, 0.717) is 4.88 Å². The number of thiocarbonyl (C=S) groups is 1. The van der Waals surface area contributed by atoms with Crippen molar-refractivity contribution in [1.29, 1.82) is 0 Å². The van der Waals surface area contributed by atoms with E-state index in [0.717, 1.165) is 11.3 Å². The molecule has 0 spiro atoms. The summed E-state index contributed by atoms with van der Waals surface area (Å²) in [5.74, 6) is -2.26. The molecule has 0 unspecified atom stereocenters. The Kier molecular flexibility index (Phi) is 3.21. The van der Waals surface area contributed by atoms with E-state index in [-0.39, 0.29) is 15.6 Å². The van der Waals surface area contributed by atoms with Crippen molar-refractivity contribution in [2.45, 2.75) is 0 Å². The maximum Gasteiger partial charge on any atom is 0.345 e. The van der Waals surface area contributed by atoms with Gasteiger partial charge in [0, 0.05) is 4.88 Å². The Morgan fingerprint density at radius 1 is 1.28 bits per heavy atom. The fourth-order valence-electron chi connectivity index (χ4n) is 1.29. The Balaban J connectivity index is 2.31. The molecule has 8 heteroatoms. The Bertz CT molecular complexity index is 581. The van der Waals surface area contributed by atoms with Crippen LogP contribution in [0.15, 0.2) is 17.7 Å². The fraction of sp³-hybridized carbons (Fsp3) is 0. The molecule has 6 nitrogen and oxygen atoms in total. The third kappa shape index (κ3) is 2.44. The summed E-state index contributed by atoms with van der Waals surface area (Å²) >= 11 is 5.62. The van der Waals surface area contributed by atoms with Gasteiger partial charge in [0.2, 0.25) is 0 Å². The van der Waals surface area contributed by atoms with Gasteiger partial charge in [-0.2, -0.15) is 0 Å².